The summed E-state index contributed by atoms with van der Waals surface area (Å²) >= 11 is 3.26. The van der Waals surface area contributed by atoms with Gasteiger partial charge in [0.1, 0.15) is 5.75 Å². The molecule has 1 aromatic rings. The number of hydrogen-bond donors (Lipinski definition) is 1. The Hall–Kier alpha value is -2.09. The molecule has 0 unspecified atom stereocenters. The Morgan fingerprint density at radius 2 is 1.96 bits per heavy atom. The Bertz CT molecular complexity index is 686. The van der Waals surface area contributed by atoms with Gasteiger partial charge >= 0.3 is 5.97 Å². The third-order valence-electron chi connectivity index (χ3n) is 4.38. The van der Waals surface area contributed by atoms with Gasteiger partial charge in [0, 0.05) is 24.6 Å². The Morgan fingerprint density at radius 1 is 1.31 bits per heavy atom. The molecule has 8 heteroatoms. The quantitative estimate of drug-likeness (QED) is 0.727. The number of rotatable bonds is 5. The number of carbonyl (C=O) groups is 3. The molecule has 0 atom stereocenters. The first-order chi connectivity index (χ1) is 12.3. The van der Waals surface area contributed by atoms with Crippen LogP contribution in [-0.2, 0) is 14.3 Å². The van der Waals surface area contributed by atoms with Crippen LogP contribution in [0.5, 0.6) is 5.75 Å². The third-order valence-corrected chi connectivity index (χ3v) is 4.87. The maximum atomic E-state index is 12.5. The maximum absolute atomic E-state index is 12.5. The van der Waals surface area contributed by atoms with Crippen molar-refractivity contribution < 1.29 is 24.2 Å². The van der Waals surface area contributed by atoms with Crippen molar-refractivity contribution in [3.63, 3.8) is 0 Å². The van der Waals surface area contributed by atoms with Gasteiger partial charge in [-0.15, -0.1) is 0 Å². The molecule has 2 rings (SSSR count). The van der Waals surface area contributed by atoms with Gasteiger partial charge in [0.2, 0.25) is 5.91 Å². The van der Waals surface area contributed by atoms with E-state index in [1.54, 1.807) is 17.9 Å². The summed E-state index contributed by atoms with van der Waals surface area (Å²) in [4.78, 5) is 39.6. The molecule has 1 aliphatic rings. The number of benzene rings is 1. The van der Waals surface area contributed by atoms with Crippen molar-refractivity contribution >= 4 is 33.7 Å². The largest absolute Gasteiger partial charge is 0.507 e. The minimum absolute atomic E-state index is 0.0884. The lowest BCUT2D eigenvalue weighted by Gasteiger charge is -2.32. The van der Waals surface area contributed by atoms with Crippen molar-refractivity contribution in [3.8, 4) is 5.75 Å². The number of esters is 1. The van der Waals surface area contributed by atoms with Crippen molar-refractivity contribution in [1.82, 2.24) is 9.80 Å². The van der Waals surface area contributed by atoms with E-state index in [0.717, 1.165) is 0 Å². The number of hydrogen-bond acceptors (Lipinski definition) is 5. The van der Waals surface area contributed by atoms with Crippen LogP contribution in [0.4, 0.5) is 0 Å². The van der Waals surface area contributed by atoms with Crippen LogP contribution in [0.1, 0.15) is 30.1 Å². The van der Waals surface area contributed by atoms with Crippen LogP contribution in [0.3, 0.4) is 0 Å². The standard InChI is InChI=1S/C18H23BrN2O5/c1-3-26-18(25)12-6-8-21(9-7-12)16(23)11-20(2)17(24)14-10-13(19)4-5-15(14)22/h4-5,10,12,22H,3,6-9,11H2,1-2H3. The Morgan fingerprint density at radius 3 is 2.58 bits per heavy atom. The number of halogens is 1. The molecule has 7 nitrogen and oxygen atoms in total. The highest BCUT2D eigenvalue weighted by Gasteiger charge is 2.29. The zero-order chi connectivity index (χ0) is 19.3. The number of nitrogens with zero attached hydrogens (tertiary/aromatic N) is 2. The molecule has 1 heterocycles. The minimum Gasteiger partial charge on any atom is -0.507 e. The summed E-state index contributed by atoms with van der Waals surface area (Å²) in [6, 6.07) is 4.57. The van der Waals surface area contributed by atoms with E-state index in [-0.39, 0.29) is 35.7 Å². The molecular weight excluding hydrogens is 404 g/mol. The van der Waals surface area contributed by atoms with Gasteiger partial charge in [-0.1, -0.05) is 15.9 Å². The van der Waals surface area contributed by atoms with Gasteiger partial charge in [0.25, 0.3) is 5.91 Å². The fraction of sp³-hybridized carbons (Fsp3) is 0.500. The van der Waals surface area contributed by atoms with Crippen LogP contribution in [0, 0.1) is 5.92 Å². The molecule has 26 heavy (non-hydrogen) atoms. The lowest BCUT2D eigenvalue weighted by atomic mass is 9.97. The van der Waals surface area contributed by atoms with E-state index in [0.29, 0.717) is 37.0 Å². The van der Waals surface area contributed by atoms with Gasteiger partial charge in [-0.3, -0.25) is 14.4 Å². The molecule has 1 saturated heterocycles. The fourth-order valence-electron chi connectivity index (χ4n) is 2.88. The highest BCUT2D eigenvalue weighted by atomic mass is 79.9. The van der Waals surface area contributed by atoms with Crippen LogP contribution in [0.2, 0.25) is 0 Å². The van der Waals surface area contributed by atoms with Gasteiger partial charge in [-0.05, 0) is 38.0 Å². The van der Waals surface area contributed by atoms with E-state index in [4.69, 9.17) is 4.74 Å². The molecule has 0 bridgehead atoms. The van der Waals surface area contributed by atoms with E-state index in [1.807, 2.05) is 0 Å². The summed E-state index contributed by atoms with van der Waals surface area (Å²) in [5.41, 5.74) is 0.135. The number of phenolic OH excluding ortho intramolecular Hbond substituents is 1. The molecule has 142 valence electrons. The predicted octanol–water partition coefficient (Wildman–Crippen LogP) is 2.03. The molecule has 1 fully saturated rings. The van der Waals surface area contributed by atoms with Crippen molar-refractivity contribution in [3.05, 3.63) is 28.2 Å². The summed E-state index contributed by atoms with van der Waals surface area (Å²) in [5.74, 6) is -1.13. The number of piperidine rings is 1. The first kappa shape index (κ1) is 20.2. The summed E-state index contributed by atoms with van der Waals surface area (Å²) in [6.07, 6.45) is 1.13. The zero-order valence-corrected chi connectivity index (χ0v) is 16.5. The Balaban J connectivity index is 1.90. The summed E-state index contributed by atoms with van der Waals surface area (Å²) < 4.78 is 5.69. The molecule has 0 aliphatic carbocycles. The number of phenols is 1. The van der Waals surface area contributed by atoms with E-state index < -0.39 is 5.91 Å². The highest BCUT2D eigenvalue weighted by Crippen LogP contribution is 2.23. The second-order valence-corrected chi connectivity index (χ2v) is 7.15. The smallest absolute Gasteiger partial charge is 0.309 e. The Labute approximate surface area is 161 Å². The van der Waals surface area contributed by atoms with Crippen LogP contribution in [0.15, 0.2) is 22.7 Å². The number of likely N-dealkylation sites (N-methyl/N-ethyl adjacent to an activating group) is 1. The molecule has 0 spiro atoms. The molecule has 0 radical (unpaired) electrons. The van der Waals surface area contributed by atoms with E-state index in [2.05, 4.69) is 15.9 Å². The number of carbonyl (C=O) groups excluding carboxylic acids is 3. The summed E-state index contributed by atoms with van der Waals surface area (Å²) in [5, 5.41) is 9.85. The van der Waals surface area contributed by atoms with Crippen molar-refractivity contribution in [2.75, 3.05) is 33.3 Å². The average molecular weight is 427 g/mol. The number of amides is 2. The van der Waals surface area contributed by atoms with Gasteiger partial charge < -0.3 is 19.6 Å². The molecule has 1 aliphatic heterocycles. The molecule has 0 saturated carbocycles. The highest BCUT2D eigenvalue weighted by molar-refractivity contribution is 9.10. The molecule has 1 N–H and O–H groups in total. The van der Waals surface area contributed by atoms with Gasteiger partial charge in [0.15, 0.2) is 0 Å². The van der Waals surface area contributed by atoms with Gasteiger partial charge in [0.05, 0.1) is 24.6 Å². The molecule has 1 aromatic carbocycles. The first-order valence-corrected chi connectivity index (χ1v) is 9.31. The van der Waals surface area contributed by atoms with Crippen LogP contribution < -0.4 is 0 Å². The summed E-state index contributed by atoms with van der Waals surface area (Å²) in [7, 11) is 1.52. The van der Waals surface area contributed by atoms with Crippen molar-refractivity contribution in [1.29, 1.82) is 0 Å². The second kappa shape index (κ2) is 9.02. The Kier molecular flexibility index (Phi) is 7.02. The SMILES string of the molecule is CCOC(=O)C1CCN(C(=O)CN(C)C(=O)c2cc(Br)ccc2O)CC1. The number of aromatic hydroxyl groups is 1. The van der Waals surface area contributed by atoms with Crippen molar-refractivity contribution in [2.24, 2.45) is 5.92 Å². The van der Waals surface area contributed by atoms with Gasteiger partial charge in [-0.25, -0.2) is 0 Å². The molecule has 0 aromatic heterocycles. The molecule has 2 amide bonds. The maximum Gasteiger partial charge on any atom is 0.309 e. The first-order valence-electron chi connectivity index (χ1n) is 8.51. The fourth-order valence-corrected chi connectivity index (χ4v) is 3.25. The predicted molar refractivity (Wildman–Crippen MR) is 98.7 cm³/mol. The summed E-state index contributed by atoms with van der Waals surface area (Å²) in [6.45, 7) is 2.97. The van der Waals surface area contributed by atoms with E-state index >= 15 is 0 Å². The normalized spacial score (nSPS) is 14.8. The topological polar surface area (TPSA) is 87.2 Å². The number of likely N-dealkylation sites (tertiary alicyclic amines) is 1. The van der Waals surface area contributed by atoms with Gasteiger partial charge in [-0.2, -0.15) is 0 Å². The van der Waals surface area contributed by atoms with Crippen LogP contribution in [0.25, 0.3) is 0 Å². The monoisotopic (exact) mass is 426 g/mol. The van der Waals surface area contributed by atoms with Crippen LogP contribution >= 0.6 is 15.9 Å². The lowest BCUT2D eigenvalue weighted by molar-refractivity contribution is -0.151. The molecular formula is C18H23BrN2O5. The average Bonchev–Trinajstić information content (AvgIpc) is 2.63. The third kappa shape index (κ3) is 4.97. The zero-order valence-electron chi connectivity index (χ0n) is 14.9. The lowest BCUT2D eigenvalue weighted by Crippen LogP contribution is -2.45. The number of ether oxygens (including phenoxy) is 1. The van der Waals surface area contributed by atoms with E-state index in [1.165, 1.54) is 24.1 Å². The van der Waals surface area contributed by atoms with Crippen molar-refractivity contribution in [2.45, 2.75) is 19.8 Å². The second-order valence-electron chi connectivity index (χ2n) is 6.23. The van der Waals surface area contributed by atoms with Crippen LogP contribution in [-0.4, -0.2) is 66.0 Å². The minimum atomic E-state index is -0.432. The van der Waals surface area contributed by atoms with E-state index in [9.17, 15) is 19.5 Å².